The summed E-state index contributed by atoms with van der Waals surface area (Å²) < 4.78 is 0. The van der Waals surface area contributed by atoms with Crippen LogP contribution in [0.5, 0.6) is 0 Å². The molecule has 27 heavy (non-hydrogen) atoms. The highest BCUT2D eigenvalue weighted by molar-refractivity contribution is 6.00. The highest BCUT2D eigenvalue weighted by Crippen LogP contribution is 2.31. The molecular weight excluding hydrogens is 334 g/mol. The summed E-state index contributed by atoms with van der Waals surface area (Å²) in [5, 5.41) is 11.3. The van der Waals surface area contributed by atoms with E-state index in [9.17, 15) is 4.79 Å². The highest BCUT2D eigenvalue weighted by atomic mass is 16.1. The summed E-state index contributed by atoms with van der Waals surface area (Å²) in [7, 11) is 0. The van der Waals surface area contributed by atoms with Gasteiger partial charge in [0.2, 0.25) is 5.91 Å². The van der Waals surface area contributed by atoms with E-state index in [4.69, 9.17) is 0 Å². The van der Waals surface area contributed by atoms with Crippen LogP contribution in [-0.4, -0.2) is 16.1 Å². The molecule has 140 valence electrons. The Kier molecular flexibility index (Phi) is 4.97. The molecule has 1 aliphatic rings. The van der Waals surface area contributed by atoms with Crippen molar-refractivity contribution in [1.82, 2.24) is 10.2 Å². The van der Waals surface area contributed by atoms with E-state index < -0.39 is 0 Å². The maximum Gasteiger partial charge on any atom is 0.225 e. The number of aromatic amines is 1. The molecule has 0 radical (unpaired) electrons. The summed E-state index contributed by atoms with van der Waals surface area (Å²) in [6.07, 6.45) is 6.77. The Balaban J connectivity index is 1.50. The topological polar surface area (TPSA) is 57.8 Å². The van der Waals surface area contributed by atoms with Gasteiger partial charge in [0.05, 0.1) is 5.52 Å². The number of aromatic nitrogens is 2. The van der Waals surface area contributed by atoms with Crippen molar-refractivity contribution >= 4 is 22.6 Å². The molecule has 3 aromatic rings. The Hall–Kier alpha value is -2.62. The standard InChI is InChI=1S/C23H27N3O/c1-15-7-8-16(2)20(13-15)18-10-11-19-21(14-18)25-26-23(19)24-22(27)12-9-17-5-3-4-6-17/h7-8,10-11,13-14,17H,3-6,9,12H2,1-2H3,(H2,24,25,26,27). The fourth-order valence-electron chi connectivity index (χ4n) is 4.16. The summed E-state index contributed by atoms with van der Waals surface area (Å²) in [5.41, 5.74) is 5.83. The first-order valence-corrected chi connectivity index (χ1v) is 9.96. The van der Waals surface area contributed by atoms with Gasteiger partial charge in [0.15, 0.2) is 5.82 Å². The van der Waals surface area contributed by atoms with Gasteiger partial charge in [-0.3, -0.25) is 9.89 Å². The highest BCUT2D eigenvalue weighted by Gasteiger charge is 2.17. The number of anilines is 1. The molecule has 1 aromatic heterocycles. The van der Waals surface area contributed by atoms with Gasteiger partial charge in [-0.2, -0.15) is 5.10 Å². The number of fused-ring (bicyclic) bond motifs is 1. The Bertz CT molecular complexity index is 967. The van der Waals surface area contributed by atoms with Crippen LogP contribution in [0, 0.1) is 19.8 Å². The van der Waals surface area contributed by atoms with E-state index in [1.807, 2.05) is 6.07 Å². The minimum absolute atomic E-state index is 0.0638. The van der Waals surface area contributed by atoms with Crippen LogP contribution in [0.15, 0.2) is 36.4 Å². The number of amides is 1. The van der Waals surface area contributed by atoms with Crippen molar-refractivity contribution in [2.24, 2.45) is 5.92 Å². The van der Waals surface area contributed by atoms with Crippen molar-refractivity contribution in [2.45, 2.75) is 52.4 Å². The number of rotatable bonds is 5. The summed E-state index contributed by atoms with van der Waals surface area (Å²) in [4.78, 5) is 12.3. The van der Waals surface area contributed by atoms with Gasteiger partial charge in [-0.25, -0.2) is 0 Å². The summed E-state index contributed by atoms with van der Waals surface area (Å²) >= 11 is 0. The number of aryl methyl sites for hydroxylation is 2. The average molecular weight is 361 g/mol. The third-order valence-corrected chi connectivity index (χ3v) is 5.78. The lowest BCUT2D eigenvalue weighted by Gasteiger charge is -2.09. The van der Waals surface area contributed by atoms with Crippen LogP contribution in [0.2, 0.25) is 0 Å². The zero-order valence-electron chi connectivity index (χ0n) is 16.1. The minimum Gasteiger partial charge on any atom is -0.309 e. The lowest BCUT2D eigenvalue weighted by molar-refractivity contribution is -0.116. The summed E-state index contributed by atoms with van der Waals surface area (Å²) in [6, 6.07) is 12.7. The molecule has 0 bridgehead atoms. The molecule has 1 amide bonds. The molecule has 1 fully saturated rings. The third-order valence-electron chi connectivity index (χ3n) is 5.78. The predicted octanol–water partition coefficient (Wildman–Crippen LogP) is 5.76. The minimum atomic E-state index is 0.0638. The first-order chi connectivity index (χ1) is 13.1. The van der Waals surface area contributed by atoms with Crippen LogP contribution in [0.3, 0.4) is 0 Å². The Morgan fingerprint density at radius 3 is 2.78 bits per heavy atom. The molecule has 2 N–H and O–H groups in total. The fourth-order valence-corrected chi connectivity index (χ4v) is 4.16. The van der Waals surface area contributed by atoms with E-state index in [1.54, 1.807) is 0 Å². The van der Waals surface area contributed by atoms with Crippen molar-refractivity contribution in [2.75, 3.05) is 5.32 Å². The zero-order chi connectivity index (χ0) is 18.8. The van der Waals surface area contributed by atoms with Crippen molar-refractivity contribution in [3.63, 3.8) is 0 Å². The number of hydrogen-bond acceptors (Lipinski definition) is 2. The average Bonchev–Trinajstić information content (AvgIpc) is 3.32. The number of nitrogens with zero attached hydrogens (tertiary/aromatic N) is 1. The normalized spacial score (nSPS) is 14.7. The van der Waals surface area contributed by atoms with Gasteiger partial charge in [0, 0.05) is 11.8 Å². The van der Waals surface area contributed by atoms with E-state index in [1.165, 1.54) is 42.4 Å². The number of nitrogens with one attached hydrogen (secondary N) is 2. The van der Waals surface area contributed by atoms with Crippen molar-refractivity contribution in [3.05, 3.63) is 47.5 Å². The van der Waals surface area contributed by atoms with Crippen LogP contribution in [0.4, 0.5) is 5.82 Å². The van der Waals surface area contributed by atoms with Crippen molar-refractivity contribution < 1.29 is 4.79 Å². The lowest BCUT2D eigenvalue weighted by atomic mass is 9.98. The second-order valence-electron chi connectivity index (χ2n) is 7.89. The third kappa shape index (κ3) is 3.90. The molecule has 1 heterocycles. The first kappa shape index (κ1) is 17.8. The Morgan fingerprint density at radius 1 is 1.15 bits per heavy atom. The summed E-state index contributed by atoms with van der Waals surface area (Å²) in [5.74, 6) is 1.43. The number of benzene rings is 2. The van der Waals surface area contributed by atoms with Crippen LogP contribution >= 0.6 is 0 Å². The van der Waals surface area contributed by atoms with Crippen molar-refractivity contribution in [1.29, 1.82) is 0 Å². The molecule has 4 nitrogen and oxygen atoms in total. The lowest BCUT2D eigenvalue weighted by Crippen LogP contribution is -2.13. The van der Waals surface area contributed by atoms with Crippen LogP contribution in [0.25, 0.3) is 22.0 Å². The molecule has 0 atom stereocenters. The van der Waals surface area contributed by atoms with E-state index in [2.05, 4.69) is 59.7 Å². The number of hydrogen-bond donors (Lipinski definition) is 2. The predicted molar refractivity (Wildman–Crippen MR) is 111 cm³/mol. The quantitative estimate of drug-likeness (QED) is 0.607. The van der Waals surface area contributed by atoms with Gasteiger partial charge in [0.25, 0.3) is 0 Å². The molecule has 0 saturated heterocycles. The van der Waals surface area contributed by atoms with Gasteiger partial charge >= 0.3 is 0 Å². The first-order valence-electron chi connectivity index (χ1n) is 9.96. The molecule has 1 aliphatic carbocycles. The van der Waals surface area contributed by atoms with E-state index in [-0.39, 0.29) is 5.91 Å². The second kappa shape index (κ2) is 7.55. The van der Waals surface area contributed by atoms with Gasteiger partial charge in [-0.15, -0.1) is 0 Å². The second-order valence-corrected chi connectivity index (χ2v) is 7.89. The van der Waals surface area contributed by atoms with Crippen LogP contribution in [-0.2, 0) is 4.79 Å². The monoisotopic (exact) mass is 361 g/mol. The number of carbonyl (C=O) groups excluding carboxylic acids is 1. The van der Waals surface area contributed by atoms with Gasteiger partial charge in [0.1, 0.15) is 0 Å². The van der Waals surface area contributed by atoms with E-state index in [0.717, 1.165) is 28.8 Å². The van der Waals surface area contributed by atoms with Gasteiger partial charge in [-0.1, -0.05) is 55.5 Å². The molecule has 2 aromatic carbocycles. The Morgan fingerprint density at radius 2 is 1.96 bits per heavy atom. The molecule has 4 rings (SSSR count). The van der Waals surface area contributed by atoms with Crippen LogP contribution in [0.1, 0.15) is 49.7 Å². The maximum atomic E-state index is 12.3. The van der Waals surface area contributed by atoms with E-state index in [0.29, 0.717) is 12.2 Å². The number of H-pyrrole nitrogens is 1. The van der Waals surface area contributed by atoms with Gasteiger partial charge < -0.3 is 5.32 Å². The smallest absolute Gasteiger partial charge is 0.225 e. The summed E-state index contributed by atoms with van der Waals surface area (Å²) in [6.45, 7) is 4.23. The molecule has 0 aliphatic heterocycles. The molecular formula is C23H27N3O. The molecule has 4 heteroatoms. The molecule has 0 spiro atoms. The molecule has 1 saturated carbocycles. The maximum absolute atomic E-state index is 12.3. The van der Waals surface area contributed by atoms with Crippen molar-refractivity contribution in [3.8, 4) is 11.1 Å². The molecule has 0 unspecified atom stereocenters. The zero-order valence-corrected chi connectivity index (χ0v) is 16.1. The van der Waals surface area contributed by atoms with E-state index >= 15 is 0 Å². The van der Waals surface area contributed by atoms with Gasteiger partial charge in [-0.05, 0) is 55.0 Å². The van der Waals surface area contributed by atoms with Crippen LogP contribution < -0.4 is 5.32 Å². The SMILES string of the molecule is Cc1ccc(C)c(-c2ccc3c(NC(=O)CCC4CCCC4)n[nH]c3c2)c1. The Labute approximate surface area is 160 Å². The fraction of sp³-hybridized carbons (Fsp3) is 0.391. The number of carbonyl (C=O) groups is 1. The largest absolute Gasteiger partial charge is 0.309 e.